The number of aromatic nitrogens is 2. The normalized spacial score (nSPS) is 12.9. The van der Waals surface area contributed by atoms with Crippen LogP contribution < -0.4 is 5.73 Å². The van der Waals surface area contributed by atoms with Gasteiger partial charge in [0.1, 0.15) is 0 Å². The summed E-state index contributed by atoms with van der Waals surface area (Å²) in [6.45, 7) is 4.06. The quantitative estimate of drug-likeness (QED) is 0.739. The van der Waals surface area contributed by atoms with Crippen molar-refractivity contribution < 1.29 is 0 Å². The van der Waals surface area contributed by atoms with Gasteiger partial charge in [-0.05, 0) is 13.3 Å². The molecule has 0 radical (unpaired) electrons. The predicted molar refractivity (Wildman–Crippen MR) is 48.6 cm³/mol. The summed E-state index contributed by atoms with van der Waals surface area (Å²) < 4.78 is 0. The predicted octanol–water partition coefficient (Wildman–Crippen LogP) is 1.58. The van der Waals surface area contributed by atoms with E-state index in [1.807, 2.05) is 6.92 Å². The first-order valence-electron chi connectivity index (χ1n) is 4.28. The summed E-state index contributed by atoms with van der Waals surface area (Å²) in [4.78, 5) is 8.35. The van der Waals surface area contributed by atoms with Gasteiger partial charge in [-0.15, -0.1) is 0 Å². The average molecular weight is 165 g/mol. The van der Waals surface area contributed by atoms with Crippen LogP contribution in [0.1, 0.15) is 37.2 Å². The van der Waals surface area contributed by atoms with Gasteiger partial charge < -0.3 is 5.73 Å². The molecule has 0 saturated heterocycles. The van der Waals surface area contributed by atoms with Gasteiger partial charge in [0.05, 0.1) is 11.4 Å². The molecule has 2 N–H and O–H groups in total. The van der Waals surface area contributed by atoms with Crippen LogP contribution in [0, 0.1) is 6.92 Å². The lowest BCUT2D eigenvalue weighted by Gasteiger charge is -2.10. The third-order valence-electron chi connectivity index (χ3n) is 1.87. The second kappa shape index (κ2) is 4.16. The summed E-state index contributed by atoms with van der Waals surface area (Å²) in [5.74, 6) is 0. The SMILES string of the molecule is CCCC(N)c1nccnc1C. The van der Waals surface area contributed by atoms with Crippen molar-refractivity contribution in [2.45, 2.75) is 32.7 Å². The number of aryl methyl sites for hydroxylation is 1. The molecule has 1 rings (SSSR count). The number of hydrogen-bond acceptors (Lipinski definition) is 3. The molecule has 1 atom stereocenters. The largest absolute Gasteiger partial charge is 0.323 e. The molecule has 66 valence electrons. The van der Waals surface area contributed by atoms with Crippen molar-refractivity contribution in [3.63, 3.8) is 0 Å². The second-order valence-corrected chi connectivity index (χ2v) is 2.92. The monoisotopic (exact) mass is 165 g/mol. The smallest absolute Gasteiger partial charge is 0.0782 e. The topological polar surface area (TPSA) is 51.8 Å². The van der Waals surface area contributed by atoms with E-state index < -0.39 is 0 Å². The van der Waals surface area contributed by atoms with Crippen molar-refractivity contribution in [3.8, 4) is 0 Å². The maximum absolute atomic E-state index is 5.90. The van der Waals surface area contributed by atoms with Crippen LogP contribution in [0.3, 0.4) is 0 Å². The first kappa shape index (κ1) is 9.13. The Kier molecular flexibility index (Phi) is 3.17. The standard InChI is InChI=1S/C9H15N3/c1-3-4-8(10)9-7(2)11-5-6-12-9/h5-6,8H,3-4,10H2,1-2H3. The van der Waals surface area contributed by atoms with Crippen molar-refractivity contribution >= 4 is 0 Å². The minimum Gasteiger partial charge on any atom is -0.323 e. The molecule has 0 aliphatic carbocycles. The highest BCUT2D eigenvalue weighted by Gasteiger charge is 2.08. The summed E-state index contributed by atoms with van der Waals surface area (Å²) >= 11 is 0. The minimum atomic E-state index is 0.0451. The molecule has 0 fully saturated rings. The van der Waals surface area contributed by atoms with Crippen LogP contribution in [0.25, 0.3) is 0 Å². The van der Waals surface area contributed by atoms with Crippen molar-refractivity contribution in [1.29, 1.82) is 0 Å². The van der Waals surface area contributed by atoms with Crippen LogP contribution in [0.15, 0.2) is 12.4 Å². The van der Waals surface area contributed by atoms with E-state index in [9.17, 15) is 0 Å². The zero-order valence-electron chi connectivity index (χ0n) is 7.62. The lowest BCUT2D eigenvalue weighted by molar-refractivity contribution is 0.613. The van der Waals surface area contributed by atoms with Gasteiger partial charge in [0.2, 0.25) is 0 Å². The molecule has 3 heteroatoms. The highest BCUT2D eigenvalue weighted by molar-refractivity contribution is 5.12. The lowest BCUT2D eigenvalue weighted by Crippen LogP contribution is -2.13. The number of nitrogens with zero attached hydrogens (tertiary/aromatic N) is 2. The highest BCUT2D eigenvalue weighted by Crippen LogP contribution is 2.14. The summed E-state index contributed by atoms with van der Waals surface area (Å²) in [6.07, 6.45) is 5.44. The number of hydrogen-bond donors (Lipinski definition) is 1. The Hall–Kier alpha value is -0.960. The molecule has 1 aromatic heterocycles. The summed E-state index contributed by atoms with van der Waals surface area (Å²) in [6, 6.07) is 0.0451. The van der Waals surface area contributed by atoms with Crippen LogP contribution in [0.2, 0.25) is 0 Å². The van der Waals surface area contributed by atoms with Gasteiger partial charge in [-0.1, -0.05) is 13.3 Å². The Morgan fingerprint density at radius 3 is 2.67 bits per heavy atom. The first-order chi connectivity index (χ1) is 5.75. The third-order valence-corrected chi connectivity index (χ3v) is 1.87. The van der Waals surface area contributed by atoms with Gasteiger partial charge in [0, 0.05) is 18.4 Å². The van der Waals surface area contributed by atoms with E-state index in [1.54, 1.807) is 12.4 Å². The van der Waals surface area contributed by atoms with Gasteiger partial charge in [-0.3, -0.25) is 9.97 Å². The molecule has 1 aromatic rings. The molecular weight excluding hydrogens is 150 g/mol. The second-order valence-electron chi connectivity index (χ2n) is 2.92. The molecule has 0 amide bonds. The van der Waals surface area contributed by atoms with Crippen LogP contribution >= 0.6 is 0 Å². The fourth-order valence-electron chi connectivity index (χ4n) is 1.23. The van der Waals surface area contributed by atoms with E-state index in [4.69, 9.17) is 5.73 Å². The fourth-order valence-corrected chi connectivity index (χ4v) is 1.23. The molecule has 0 aliphatic rings. The van der Waals surface area contributed by atoms with E-state index in [-0.39, 0.29) is 6.04 Å². The van der Waals surface area contributed by atoms with Crippen molar-refractivity contribution in [1.82, 2.24) is 9.97 Å². The van der Waals surface area contributed by atoms with Crippen molar-refractivity contribution in [2.24, 2.45) is 5.73 Å². The average Bonchev–Trinajstić information content (AvgIpc) is 2.05. The first-order valence-corrected chi connectivity index (χ1v) is 4.28. The Morgan fingerprint density at radius 2 is 2.08 bits per heavy atom. The Labute approximate surface area is 73.0 Å². The zero-order valence-corrected chi connectivity index (χ0v) is 7.62. The molecule has 0 aromatic carbocycles. The van der Waals surface area contributed by atoms with E-state index in [0.717, 1.165) is 24.2 Å². The van der Waals surface area contributed by atoms with Crippen LogP contribution in [-0.2, 0) is 0 Å². The molecule has 0 spiro atoms. The highest BCUT2D eigenvalue weighted by atomic mass is 14.8. The molecule has 0 aliphatic heterocycles. The third kappa shape index (κ3) is 2.01. The van der Waals surface area contributed by atoms with Crippen LogP contribution in [0.4, 0.5) is 0 Å². The van der Waals surface area contributed by atoms with E-state index in [1.165, 1.54) is 0 Å². The Morgan fingerprint density at radius 1 is 1.42 bits per heavy atom. The summed E-state index contributed by atoms with van der Waals surface area (Å²) in [7, 11) is 0. The van der Waals surface area contributed by atoms with Gasteiger partial charge >= 0.3 is 0 Å². The zero-order chi connectivity index (χ0) is 8.97. The molecule has 1 heterocycles. The van der Waals surface area contributed by atoms with Crippen molar-refractivity contribution in [2.75, 3.05) is 0 Å². The maximum Gasteiger partial charge on any atom is 0.0782 e. The van der Waals surface area contributed by atoms with Crippen LogP contribution in [0.5, 0.6) is 0 Å². The molecule has 0 bridgehead atoms. The molecule has 12 heavy (non-hydrogen) atoms. The van der Waals surface area contributed by atoms with Crippen molar-refractivity contribution in [3.05, 3.63) is 23.8 Å². The summed E-state index contributed by atoms with van der Waals surface area (Å²) in [5.41, 5.74) is 7.78. The number of nitrogens with two attached hydrogens (primary N) is 1. The molecule has 0 saturated carbocycles. The van der Waals surface area contributed by atoms with E-state index in [2.05, 4.69) is 16.9 Å². The lowest BCUT2D eigenvalue weighted by atomic mass is 10.1. The van der Waals surface area contributed by atoms with E-state index >= 15 is 0 Å². The van der Waals surface area contributed by atoms with Gasteiger partial charge in [0.25, 0.3) is 0 Å². The van der Waals surface area contributed by atoms with Gasteiger partial charge in [-0.2, -0.15) is 0 Å². The minimum absolute atomic E-state index is 0.0451. The molecule has 3 nitrogen and oxygen atoms in total. The van der Waals surface area contributed by atoms with Gasteiger partial charge in [-0.25, -0.2) is 0 Å². The molecular formula is C9H15N3. The summed E-state index contributed by atoms with van der Waals surface area (Å²) in [5, 5.41) is 0. The number of rotatable bonds is 3. The fraction of sp³-hybridized carbons (Fsp3) is 0.556. The van der Waals surface area contributed by atoms with Gasteiger partial charge in [0.15, 0.2) is 0 Å². The Balaban J connectivity index is 2.79. The molecule has 1 unspecified atom stereocenters. The van der Waals surface area contributed by atoms with Crippen LogP contribution in [-0.4, -0.2) is 9.97 Å². The Bertz CT molecular complexity index is 247. The maximum atomic E-state index is 5.90. The van der Waals surface area contributed by atoms with E-state index in [0.29, 0.717) is 0 Å².